The van der Waals surface area contributed by atoms with Crippen LogP contribution in [0.4, 0.5) is 0 Å². The lowest BCUT2D eigenvalue weighted by Gasteiger charge is -2.10. The number of nitrogens with two attached hydrogens (primary N) is 1. The van der Waals surface area contributed by atoms with Crippen LogP contribution in [0.1, 0.15) is 17.0 Å². The Morgan fingerprint density at radius 2 is 2.18 bits per heavy atom. The highest BCUT2D eigenvalue weighted by molar-refractivity contribution is 7.99. The summed E-state index contributed by atoms with van der Waals surface area (Å²) in [5.74, 6) is 0. The third kappa shape index (κ3) is 2.45. The number of aryl methyl sites for hydroxylation is 3. The summed E-state index contributed by atoms with van der Waals surface area (Å²) in [6, 6.07) is 2.01. The molecule has 2 N–H and O–H groups in total. The number of nitrogens with zero attached hydrogens (tertiary/aromatic N) is 5. The minimum absolute atomic E-state index is 0.465. The summed E-state index contributed by atoms with van der Waals surface area (Å²) in [5.41, 5.74) is 8.73. The fourth-order valence-corrected chi connectivity index (χ4v) is 2.59. The van der Waals surface area contributed by atoms with E-state index in [1.165, 1.54) is 11.8 Å². The third-order valence-electron chi connectivity index (χ3n) is 2.40. The number of tetrazole rings is 1. The predicted octanol–water partition coefficient (Wildman–Crippen LogP) is 0.832. The fraction of sp³-hybridized carbons (Fsp3) is 0.400. The Bertz CT molecular complexity index is 536. The molecule has 0 radical (unpaired) electrons. The molecule has 0 aromatic carbocycles. The van der Waals surface area contributed by atoms with Gasteiger partial charge in [-0.3, -0.25) is 4.98 Å². The van der Waals surface area contributed by atoms with Crippen molar-refractivity contribution in [1.29, 1.82) is 0 Å². The maximum absolute atomic E-state index is 5.76. The Morgan fingerprint density at radius 3 is 2.76 bits per heavy atom. The predicted molar refractivity (Wildman–Crippen MR) is 64.5 cm³/mol. The molecule has 0 spiro atoms. The molecule has 2 rings (SSSR count). The van der Waals surface area contributed by atoms with Gasteiger partial charge in [0, 0.05) is 35.4 Å². The normalized spacial score (nSPS) is 10.8. The van der Waals surface area contributed by atoms with E-state index in [1.807, 2.05) is 27.0 Å². The van der Waals surface area contributed by atoms with Crippen molar-refractivity contribution in [3.8, 4) is 0 Å². The number of rotatable bonds is 3. The lowest BCUT2D eigenvalue weighted by molar-refractivity contribution is 0.664. The highest BCUT2D eigenvalue weighted by Gasteiger charge is 2.11. The SMILES string of the molecule is Cc1cc(Sc2nnnn2C)c(CN)c(C)n1. The molecule has 0 bridgehead atoms. The van der Waals surface area contributed by atoms with Crippen LogP contribution in [0.2, 0.25) is 0 Å². The lowest BCUT2D eigenvalue weighted by atomic mass is 10.2. The first-order valence-corrected chi connectivity index (χ1v) is 6.01. The third-order valence-corrected chi connectivity index (χ3v) is 3.52. The molecule has 90 valence electrons. The summed E-state index contributed by atoms with van der Waals surface area (Å²) < 4.78 is 1.63. The van der Waals surface area contributed by atoms with Gasteiger partial charge in [0.05, 0.1) is 0 Å². The zero-order valence-electron chi connectivity index (χ0n) is 10.0. The molecule has 2 heterocycles. The standard InChI is InChI=1S/C10H14N6S/c1-6-4-9(8(5-11)7(2)12-6)17-10-13-14-15-16(10)3/h4H,5,11H2,1-3H3. The lowest BCUT2D eigenvalue weighted by Crippen LogP contribution is -2.05. The maximum Gasteiger partial charge on any atom is 0.213 e. The van der Waals surface area contributed by atoms with Crippen LogP contribution >= 0.6 is 11.8 Å². The van der Waals surface area contributed by atoms with Gasteiger partial charge in [0.15, 0.2) is 0 Å². The van der Waals surface area contributed by atoms with Gasteiger partial charge in [-0.1, -0.05) is 0 Å². The Hall–Kier alpha value is -1.47. The Balaban J connectivity index is 2.41. The smallest absolute Gasteiger partial charge is 0.213 e. The van der Waals surface area contributed by atoms with E-state index in [0.29, 0.717) is 6.54 Å². The maximum atomic E-state index is 5.76. The van der Waals surface area contributed by atoms with Gasteiger partial charge in [-0.2, -0.15) is 0 Å². The van der Waals surface area contributed by atoms with E-state index < -0.39 is 0 Å². The molecule has 0 amide bonds. The molecule has 0 fully saturated rings. The fourth-order valence-electron chi connectivity index (χ4n) is 1.56. The van der Waals surface area contributed by atoms with Gasteiger partial charge >= 0.3 is 0 Å². The molecule has 0 atom stereocenters. The highest BCUT2D eigenvalue weighted by atomic mass is 32.2. The van der Waals surface area contributed by atoms with Crippen LogP contribution in [-0.2, 0) is 13.6 Å². The van der Waals surface area contributed by atoms with Crippen LogP contribution < -0.4 is 5.73 Å². The number of pyridine rings is 1. The molecular formula is C10H14N6S. The molecular weight excluding hydrogens is 236 g/mol. The van der Waals surface area contributed by atoms with Crippen molar-refractivity contribution in [3.05, 3.63) is 23.0 Å². The van der Waals surface area contributed by atoms with E-state index in [9.17, 15) is 0 Å². The molecule has 0 aliphatic rings. The topological polar surface area (TPSA) is 82.5 Å². The minimum Gasteiger partial charge on any atom is -0.326 e. The number of hydrogen-bond acceptors (Lipinski definition) is 6. The summed E-state index contributed by atoms with van der Waals surface area (Å²) in [4.78, 5) is 5.47. The average Bonchev–Trinajstić information content (AvgIpc) is 2.64. The molecule has 0 saturated heterocycles. The molecule has 2 aromatic rings. The average molecular weight is 250 g/mol. The van der Waals surface area contributed by atoms with Gasteiger partial charge in [0.2, 0.25) is 5.16 Å². The van der Waals surface area contributed by atoms with Crippen LogP contribution in [0.3, 0.4) is 0 Å². The van der Waals surface area contributed by atoms with Crippen LogP contribution in [0.15, 0.2) is 16.1 Å². The van der Waals surface area contributed by atoms with Crippen molar-refractivity contribution in [2.45, 2.75) is 30.4 Å². The molecule has 17 heavy (non-hydrogen) atoms. The van der Waals surface area contributed by atoms with Gasteiger partial charge < -0.3 is 5.73 Å². The van der Waals surface area contributed by atoms with Gasteiger partial charge in [0.1, 0.15) is 0 Å². The van der Waals surface area contributed by atoms with Crippen LogP contribution in [0, 0.1) is 13.8 Å². The van der Waals surface area contributed by atoms with Gasteiger partial charge in [0.25, 0.3) is 0 Å². The van der Waals surface area contributed by atoms with E-state index in [4.69, 9.17) is 5.73 Å². The first-order chi connectivity index (χ1) is 8.11. The summed E-state index contributed by atoms with van der Waals surface area (Å²) in [6.45, 7) is 4.40. The largest absolute Gasteiger partial charge is 0.326 e. The van der Waals surface area contributed by atoms with Gasteiger partial charge in [-0.05, 0) is 42.1 Å². The van der Waals surface area contributed by atoms with Gasteiger partial charge in [-0.25, -0.2) is 4.68 Å². The van der Waals surface area contributed by atoms with E-state index in [-0.39, 0.29) is 0 Å². The molecule has 0 aliphatic heterocycles. The van der Waals surface area contributed by atoms with Crippen molar-refractivity contribution in [2.75, 3.05) is 0 Å². The molecule has 0 unspecified atom stereocenters. The van der Waals surface area contributed by atoms with Crippen LogP contribution in [0.25, 0.3) is 0 Å². The van der Waals surface area contributed by atoms with E-state index >= 15 is 0 Å². The zero-order chi connectivity index (χ0) is 12.4. The second kappa shape index (κ2) is 4.80. The molecule has 0 aliphatic carbocycles. The van der Waals surface area contributed by atoms with Crippen molar-refractivity contribution in [1.82, 2.24) is 25.2 Å². The van der Waals surface area contributed by atoms with Crippen molar-refractivity contribution in [2.24, 2.45) is 12.8 Å². The van der Waals surface area contributed by atoms with Crippen molar-refractivity contribution < 1.29 is 0 Å². The van der Waals surface area contributed by atoms with Gasteiger partial charge in [-0.15, -0.1) is 5.10 Å². The molecule has 0 saturated carbocycles. The Kier molecular flexibility index (Phi) is 3.39. The number of aromatic nitrogens is 5. The second-order valence-corrected chi connectivity index (χ2v) is 4.73. The van der Waals surface area contributed by atoms with Crippen LogP contribution in [0.5, 0.6) is 0 Å². The van der Waals surface area contributed by atoms with E-state index in [0.717, 1.165) is 27.0 Å². The van der Waals surface area contributed by atoms with E-state index in [2.05, 4.69) is 20.5 Å². The quantitative estimate of drug-likeness (QED) is 0.869. The van der Waals surface area contributed by atoms with E-state index in [1.54, 1.807) is 4.68 Å². The molecule has 7 heteroatoms. The molecule has 2 aromatic heterocycles. The first kappa shape index (κ1) is 12.0. The summed E-state index contributed by atoms with van der Waals surface area (Å²) in [5, 5.41) is 12.1. The highest BCUT2D eigenvalue weighted by Crippen LogP contribution is 2.29. The molecule has 6 nitrogen and oxygen atoms in total. The first-order valence-electron chi connectivity index (χ1n) is 5.19. The number of hydrogen-bond donors (Lipinski definition) is 1. The summed E-state index contributed by atoms with van der Waals surface area (Å²) in [7, 11) is 1.81. The Morgan fingerprint density at radius 1 is 1.41 bits per heavy atom. The monoisotopic (exact) mass is 250 g/mol. The zero-order valence-corrected chi connectivity index (χ0v) is 10.8. The Labute approximate surface area is 104 Å². The summed E-state index contributed by atoms with van der Waals surface area (Å²) in [6.07, 6.45) is 0. The minimum atomic E-state index is 0.465. The second-order valence-electron chi connectivity index (χ2n) is 3.72. The van der Waals surface area contributed by atoms with Crippen molar-refractivity contribution >= 4 is 11.8 Å². The van der Waals surface area contributed by atoms with Crippen LogP contribution in [-0.4, -0.2) is 25.2 Å². The van der Waals surface area contributed by atoms with Crippen molar-refractivity contribution in [3.63, 3.8) is 0 Å². The summed E-state index contributed by atoms with van der Waals surface area (Å²) >= 11 is 1.51.